The van der Waals surface area contributed by atoms with Crippen LogP contribution in [0, 0.1) is 0 Å². The Bertz CT molecular complexity index is 756. The lowest BCUT2D eigenvalue weighted by atomic mass is 10.1. The molecule has 1 unspecified atom stereocenters. The molecule has 0 aliphatic carbocycles. The van der Waals surface area contributed by atoms with E-state index >= 15 is 0 Å². The molecule has 3 aromatic rings. The van der Waals surface area contributed by atoms with Crippen LogP contribution in [0.1, 0.15) is 16.5 Å². The molecule has 112 valence electrons. The Balaban J connectivity index is 1.83. The first-order valence-corrected chi connectivity index (χ1v) is 7.57. The van der Waals surface area contributed by atoms with E-state index < -0.39 is 6.10 Å². The molecule has 0 aliphatic heterocycles. The van der Waals surface area contributed by atoms with Gasteiger partial charge in [-0.25, -0.2) is 4.98 Å². The summed E-state index contributed by atoms with van der Waals surface area (Å²) in [5, 5.41) is 14.2. The molecule has 0 spiro atoms. The van der Waals surface area contributed by atoms with Gasteiger partial charge in [-0.15, -0.1) is 0 Å². The van der Waals surface area contributed by atoms with Gasteiger partial charge in [-0.3, -0.25) is 0 Å². The Morgan fingerprint density at radius 2 is 1.68 bits per heavy atom. The Morgan fingerprint density at radius 1 is 1.00 bits per heavy atom. The van der Waals surface area contributed by atoms with Gasteiger partial charge in [0.25, 0.3) is 0 Å². The maximum absolute atomic E-state index is 10.4. The number of hydrogen-bond acceptors (Lipinski definition) is 6. The molecule has 3 rings (SSSR count). The molecule has 0 fully saturated rings. The third kappa shape index (κ3) is 3.03. The van der Waals surface area contributed by atoms with E-state index in [1.807, 2.05) is 42.5 Å². The first-order valence-electron chi connectivity index (χ1n) is 6.75. The van der Waals surface area contributed by atoms with E-state index in [-0.39, 0.29) is 0 Å². The van der Waals surface area contributed by atoms with Crippen molar-refractivity contribution >= 4 is 33.7 Å². The van der Waals surface area contributed by atoms with E-state index in [1.165, 1.54) is 11.3 Å². The van der Waals surface area contributed by atoms with Crippen LogP contribution in [-0.4, -0.2) is 10.1 Å². The fourth-order valence-electron chi connectivity index (χ4n) is 2.07. The standard InChI is InChI=1S/C16H16N4OS/c17-11-6-8-12(9-7-11)19-16-20-15(18)14(22-16)13(21)10-4-2-1-3-5-10/h1-9,13,21H,17-18H2,(H,19,20). The summed E-state index contributed by atoms with van der Waals surface area (Å²) in [7, 11) is 0. The van der Waals surface area contributed by atoms with Crippen molar-refractivity contribution in [3.8, 4) is 0 Å². The van der Waals surface area contributed by atoms with Crippen molar-refractivity contribution in [3.05, 3.63) is 65.0 Å². The van der Waals surface area contributed by atoms with Gasteiger partial charge in [-0.05, 0) is 29.8 Å². The molecule has 1 heterocycles. The van der Waals surface area contributed by atoms with Gasteiger partial charge >= 0.3 is 0 Å². The predicted molar refractivity (Wildman–Crippen MR) is 91.2 cm³/mol. The van der Waals surface area contributed by atoms with Crippen molar-refractivity contribution in [3.63, 3.8) is 0 Å². The number of hydrogen-bond donors (Lipinski definition) is 4. The lowest BCUT2D eigenvalue weighted by Gasteiger charge is -2.08. The maximum Gasteiger partial charge on any atom is 0.189 e. The Hall–Kier alpha value is -2.57. The van der Waals surface area contributed by atoms with Gasteiger partial charge in [-0.1, -0.05) is 41.7 Å². The second kappa shape index (κ2) is 6.05. The topological polar surface area (TPSA) is 97.2 Å². The van der Waals surface area contributed by atoms with Gasteiger partial charge in [0.2, 0.25) is 0 Å². The number of anilines is 4. The monoisotopic (exact) mass is 312 g/mol. The van der Waals surface area contributed by atoms with Gasteiger partial charge in [-0.2, -0.15) is 0 Å². The third-order valence-electron chi connectivity index (χ3n) is 3.21. The zero-order chi connectivity index (χ0) is 15.5. The highest BCUT2D eigenvalue weighted by molar-refractivity contribution is 7.16. The minimum Gasteiger partial charge on any atom is -0.399 e. The number of nitrogens with zero attached hydrogens (tertiary/aromatic N) is 1. The fourth-order valence-corrected chi connectivity index (χ4v) is 2.99. The first kappa shape index (κ1) is 14.4. The number of aliphatic hydroxyl groups is 1. The SMILES string of the molecule is Nc1ccc(Nc2nc(N)c(C(O)c3ccccc3)s2)cc1. The summed E-state index contributed by atoms with van der Waals surface area (Å²) in [6.07, 6.45) is -0.777. The van der Waals surface area contributed by atoms with Crippen LogP contribution in [0.2, 0.25) is 0 Å². The molecule has 0 aliphatic rings. The van der Waals surface area contributed by atoms with E-state index in [9.17, 15) is 5.11 Å². The predicted octanol–water partition coefficient (Wildman–Crippen LogP) is 3.13. The van der Waals surface area contributed by atoms with Crippen LogP contribution in [0.5, 0.6) is 0 Å². The molecule has 1 aromatic heterocycles. The zero-order valence-corrected chi connectivity index (χ0v) is 12.5. The van der Waals surface area contributed by atoms with Crippen LogP contribution in [0.25, 0.3) is 0 Å². The van der Waals surface area contributed by atoms with Crippen molar-refractivity contribution in [2.45, 2.75) is 6.10 Å². The number of thiazole rings is 1. The third-order valence-corrected chi connectivity index (χ3v) is 4.25. The summed E-state index contributed by atoms with van der Waals surface area (Å²) in [5.41, 5.74) is 13.9. The van der Waals surface area contributed by atoms with E-state index in [1.54, 1.807) is 12.1 Å². The zero-order valence-electron chi connectivity index (χ0n) is 11.7. The minimum atomic E-state index is -0.777. The molecule has 0 bridgehead atoms. The van der Waals surface area contributed by atoms with E-state index in [0.717, 1.165) is 11.3 Å². The van der Waals surface area contributed by atoms with E-state index in [0.29, 0.717) is 21.5 Å². The smallest absolute Gasteiger partial charge is 0.189 e. The Kier molecular flexibility index (Phi) is 3.95. The number of aliphatic hydroxyl groups excluding tert-OH is 1. The van der Waals surface area contributed by atoms with E-state index in [2.05, 4.69) is 10.3 Å². The lowest BCUT2D eigenvalue weighted by Crippen LogP contribution is -2.00. The first-order chi connectivity index (χ1) is 10.6. The molecule has 0 amide bonds. The van der Waals surface area contributed by atoms with Crippen molar-refractivity contribution in [1.29, 1.82) is 0 Å². The number of rotatable bonds is 4. The summed E-state index contributed by atoms with van der Waals surface area (Å²) in [5.74, 6) is 0.333. The maximum atomic E-state index is 10.4. The van der Waals surface area contributed by atoms with Crippen molar-refractivity contribution in [2.75, 3.05) is 16.8 Å². The molecule has 6 N–H and O–H groups in total. The molecule has 6 heteroatoms. The molecule has 2 aromatic carbocycles. The highest BCUT2D eigenvalue weighted by atomic mass is 32.1. The summed E-state index contributed by atoms with van der Waals surface area (Å²) in [6.45, 7) is 0. The summed E-state index contributed by atoms with van der Waals surface area (Å²) in [6, 6.07) is 16.7. The molecule has 22 heavy (non-hydrogen) atoms. The number of nitrogens with one attached hydrogen (secondary N) is 1. The highest BCUT2D eigenvalue weighted by Gasteiger charge is 2.18. The van der Waals surface area contributed by atoms with Gasteiger partial charge in [0.05, 0.1) is 4.88 Å². The second-order valence-corrected chi connectivity index (χ2v) is 5.86. The van der Waals surface area contributed by atoms with Crippen LogP contribution in [0.4, 0.5) is 22.3 Å². The summed E-state index contributed by atoms with van der Waals surface area (Å²) in [4.78, 5) is 4.90. The Morgan fingerprint density at radius 3 is 2.36 bits per heavy atom. The van der Waals surface area contributed by atoms with Crippen molar-refractivity contribution < 1.29 is 5.11 Å². The van der Waals surface area contributed by atoms with Crippen molar-refractivity contribution in [1.82, 2.24) is 4.98 Å². The molecule has 1 atom stereocenters. The molecule has 0 radical (unpaired) electrons. The average Bonchev–Trinajstić information content (AvgIpc) is 2.90. The second-order valence-electron chi connectivity index (χ2n) is 4.83. The van der Waals surface area contributed by atoms with Crippen LogP contribution in [0.15, 0.2) is 54.6 Å². The van der Waals surface area contributed by atoms with Gasteiger partial charge in [0.1, 0.15) is 11.9 Å². The summed E-state index contributed by atoms with van der Waals surface area (Å²) < 4.78 is 0. The molecule has 0 saturated carbocycles. The number of nitrogens with two attached hydrogens (primary N) is 2. The molecule has 0 saturated heterocycles. The number of aromatic nitrogens is 1. The molecular weight excluding hydrogens is 296 g/mol. The number of nitrogen functional groups attached to an aromatic ring is 2. The normalized spacial score (nSPS) is 12.0. The minimum absolute atomic E-state index is 0.333. The van der Waals surface area contributed by atoms with Crippen LogP contribution >= 0.6 is 11.3 Å². The summed E-state index contributed by atoms with van der Waals surface area (Å²) >= 11 is 1.33. The van der Waals surface area contributed by atoms with Crippen molar-refractivity contribution in [2.24, 2.45) is 0 Å². The van der Waals surface area contributed by atoms with Crippen LogP contribution in [0.3, 0.4) is 0 Å². The lowest BCUT2D eigenvalue weighted by molar-refractivity contribution is 0.224. The van der Waals surface area contributed by atoms with Crippen LogP contribution in [-0.2, 0) is 0 Å². The molecular formula is C16H16N4OS. The largest absolute Gasteiger partial charge is 0.399 e. The van der Waals surface area contributed by atoms with Gasteiger partial charge in [0, 0.05) is 11.4 Å². The fraction of sp³-hybridized carbons (Fsp3) is 0.0625. The van der Waals surface area contributed by atoms with E-state index in [4.69, 9.17) is 11.5 Å². The van der Waals surface area contributed by atoms with Gasteiger partial charge in [0.15, 0.2) is 5.13 Å². The highest BCUT2D eigenvalue weighted by Crippen LogP contribution is 2.35. The van der Waals surface area contributed by atoms with Crippen LogP contribution < -0.4 is 16.8 Å². The number of benzene rings is 2. The Labute approximate surface area is 132 Å². The van der Waals surface area contributed by atoms with Gasteiger partial charge < -0.3 is 21.9 Å². The average molecular weight is 312 g/mol. The quantitative estimate of drug-likeness (QED) is 0.555. The molecule has 5 nitrogen and oxygen atoms in total.